The van der Waals surface area contributed by atoms with Crippen molar-refractivity contribution in [2.24, 2.45) is 5.41 Å². The van der Waals surface area contributed by atoms with Crippen LogP contribution in [-0.4, -0.2) is 36.2 Å². The normalized spacial score (nSPS) is 21.1. The van der Waals surface area contributed by atoms with Crippen molar-refractivity contribution in [2.45, 2.75) is 154 Å². The van der Waals surface area contributed by atoms with Gasteiger partial charge in [-0.25, -0.2) is 0 Å². The second kappa shape index (κ2) is 14.1. The van der Waals surface area contributed by atoms with Gasteiger partial charge < -0.3 is 14.2 Å². The van der Waals surface area contributed by atoms with Crippen LogP contribution in [0.4, 0.5) is 0 Å². The van der Waals surface area contributed by atoms with Crippen LogP contribution in [0.2, 0.25) is 0 Å². The Bertz CT molecular complexity index is 562. The minimum atomic E-state index is -2.00. The molecule has 34 heavy (non-hydrogen) atoms. The summed E-state index contributed by atoms with van der Waals surface area (Å²) in [6, 6.07) is 0. The van der Waals surface area contributed by atoms with Crippen LogP contribution in [0.25, 0.3) is 0 Å². The number of unbranched alkanes of at least 4 members (excludes halogenated alkanes) is 3. The summed E-state index contributed by atoms with van der Waals surface area (Å²) in [6.45, 7) is 2.11. The molecule has 0 N–H and O–H groups in total. The molecule has 3 saturated carbocycles. The predicted octanol–water partition coefficient (Wildman–Crippen LogP) is 6.57. The van der Waals surface area contributed by atoms with Gasteiger partial charge in [0, 0.05) is 0 Å². The molecule has 3 aliphatic carbocycles. The first kappa shape index (κ1) is 27.0. The van der Waals surface area contributed by atoms with E-state index in [-0.39, 0.29) is 24.7 Å². The number of carbonyl (C=O) groups is 3. The molecule has 3 rings (SSSR count). The van der Waals surface area contributed by atoms with E-state index >= 15 is 0 Å². The van der Waals surface area contributed by atoms with Gasteiger partial charge in [-0.1, -0.05) is 51.9 Å². The zero-order valence-corrected chi connectivity index (χ0v) is 21.3. The van der Waals surface area contributed by atoms with Crippen LogP contribution in [0.15, 0.2) is 0 Å². The van der Waals surface area contributed by atoms with Crippen LogP contribution in [0.3, 0.4) is 0 Å². The Labute approximate surface area is 205 Å². The highest BCUT2D eigenvalue weighted by Gasteiger charge is 2.58. The van der Waals surface area contributed by atoms with Gasteiger partial charge in [0.05, 0.1) is 0 Å². The van der Waals surface area contributed by atoms with Gasteiger partial charge in [0.25, 0.3) is 5.41 Å². The zero-order valence-electron chi connectivity index (χ0n) is 21.3. The first-order valence-electron chi connectivity index (χ1n) is 14.2. The van der Waals surface area contributed by atoms with E-state index in [0.29, 0.717) is 6.42 Å². The van der Waals surface area contributed by atoms with E-state index in [1.165, 1.54) is 0 Å². The van der Waals surface area contributed by atoms with Gasteiger partial charge >= 0.3 is 17.9 Å². The number of esters is 3. The quantitative estimate of drug-likeness (QED) is 0.145. The lowest BCUT2D eigenvalue weighted by Crippen LogP contribution is -2.52. The van der Waals surface area contributed by atoms with Gasteiger partial charge in [0.2, 0.25) is 0 Å². The summed E-state index contributed by atoms with van der Waals surface area (Å²) in [5, 5.41) is 0. The lowest BCUT2D eigenvalue weighted by atomic mass is 9.81. The summed E-state index contributed by atoms with van der Waals surface area (Å²) in [6.07, 6.45) is 17.0. The van der Waals surface area contributed by atoms with Gasteiger partial charge in [-0.15, -0.1) is 0 Å². The number of carbonyl (C=O) groups excluding carboxylic acids is 3. The van der Waals surface area contributed by atoms with E-state index in [1.54, 1.807) is 0 Å². The van der Waals surface area contributed by atoms with Gasteiger partial charge in [-0.3, -0.25) is 14.4 Å². The Morgan fingerprint density at radius 1 is 0.559 bits per heavy atom. The molecule has 0 aliphatic heterocycles. The second-order valence-corrected chi connectivity index (χ2v) is 10.7. The monoisotopic (exact) mass is 478 g/mol. The molecule has 0 unspecified atom stereocenters. The lowest BCUT2D eigenvalue weighted by Gasteiger charge is -2.34. The van der Waals surface area contributed by atoms with Crippen LogP contribution < -0.4 is 0 Å². The third-order valence-electron chi connectivity index (χ3n) is 7.93. The van der Waals surface area contributed by atoms with E-state index in [4.69, 9.17) is 14.2 Å². The number of hydrogen-bond acceptors (Lipinski definition) is 6. The smallest absolute Gasteiger partial charge is 0.335 e. The van der Waals surface area contributed by atoms with Gasteiger partial charge in [-0.05, 0) is 83.5 Å². The summed E-state index contributed by atoms with van der Waals surface area (Å²) in [5.74, 6) is -2.22. The van der Waals surface area contributed by atoms with Crippen molar-refractivity contribution >= 4 is 17.9 Å². The molecule has 0 atom stereocenters. The first-order chi connectivity index (χ1) is 16.6. The van der Waals surface area contributed by atoms with Gasteiger partial charge in [-0.2, -0.15) is 0 Å². The molecule has 3 aliphatic rings. The van der Waals surface area contributed by atoms with Crippen LogP contribution in [0, 0.1) is 5.41 Å². The number of rotatable bonds is 11. The molecule has 0 aromatic heterocycles. The SMILES string of the molecule is CCCCCCC(C(=O)OC1CCCCC1)(C(=O)OC1CCCCC1)C(=O)OC1CCCCC1. The summed E-state index contributed by atoms with van der Waals surface area (Å²) in [4.78, 5) is 41.2. The van der Waals surface area contributed by atoms with Crippen molar-refractivity contribution in [1.82, 2.24) is 0 Å². The maximum atomic E-state index is 13.7. The summed E-state index contributed by atoms with van der Waals surface area (Å²) < 4.78 is 17.7. The van der Waals surface area contributed by atoms with E-state index in [9.17, 15) is 14.4 Å². The minimum Gasteiger partial charge on any atom is -0.461 e. The third-order valence-corrected chi connectivity index (χ3v) is 7.93. The van der Waals surface area contributed by atoms with Crippen molar-refractivity contribution < 1.29 is 28.6 Å². The molecule has 0 bridgehead atoms. The first-order valence-corrected chi connectivity index (χ1v) is 14.2. The molecule has 194 valence electrons. The Morgan fingerprint density at radius 2 is 0.912 bits per heavy atom. The van der Waals surface area contributed by atoms with E-state index in [0.717, 1.165) is 116 Å². The Hall–Kier alpha value is -1.59. The molecule has 0 radical (unpaired) electrons. The average molecular weight is 479 g/mol. The largest absolute Gasteiger partial charge is 0.461 e. The zero-order chi connectivity index (χ0) is 24.2. The topological polar surface area (TPSA) is 78.9 Å². The average Bonchev–Trinajstić information content (AvgIpc) is 2.86. The number of ether oxygens (including phenoxy) is 3. The fraction of sp³-hybridized carbons (Fsp3) is 0.893. The van der Waals surface area contributed by atoms with Gasteiger partial charge in [0.15, 0.2) is 0 Å². The molecule has 0 amide bonds. The van der Waals surface area contributed by atoms with Gasteiger partial charge in [0.1, 0.15) is 18.3 Å². The van der Waals surface area contributed by atoms with Crippen molar-refractivity contribution in [3.8, 4) is 0 Å². The van der Waals surface area contributed by atoms with Crippen LogP contribution in [-0.2, 0) is 28.6 Å². The fourth-order valence-corrected chi connectivity index (χ4v) is 5.68. The van der Waals surface area contributed by atoms with Crippen LogP contribution in [0.1, 0.15) is 135 Å². The molecule has 0 saturated heterocycles. The van der Waals surface area contributed by atoms with Crippen molar-refractivity contribution in [1.29, 1.82) is 0 Å². The summed E-state index contributed by atoms with van der Waals surface area (Å²) in [7, 11) is 0. The predicted molar refractivity (Wildman–Crippen MR) is 130 cm³/mol. The van der Waals surface area contributed by atoms with Crippen LogP contribution >= 0.6 is 0 Å². The molecule has 0 spiro atoms. The molecule has 3 fully saturated rings. The Kier molecular flexibility index (Phi) is 11.2. The Morgan fingerprint density at radius 3 is 1.24 bits per heavy atom. The molecule has 0 aromatic carbocycles. The molecule has 0 heterocycles. The summed E-state index contributed by atoms with van der Waals surface area (Å²) >= 11 is 0. The highest BCUT2D eigenvalue weighted by molar-refractivity contribution is 6.18. The standard InChI is InChI=1S/C28H46O6/c1-2-3-4-14-21-28(25(29)32-22-15-8-5-9-16-22,26(30)33-23-17-10-6-11-18-23)27(31)34-24-19-12-7-13-20-24/h22-24H,2-21H2,1H3. The van der Waals surface area contributed by atoms with E-state index in [2.05, 4.69) is 6.92 Å². The Balaban J connectivity index is 1.83. The highest BCUT2D eigenvalue weighted by Crippen LogP contribution is 2.36. The molecule has 6 heteroatoms. The highest BCUT2D eigenvalue weighted by atomic mass is 16.6. The minimum absolute atomic E-state index is 0.107. The van der Waals surface area contributed by atoms with Crippen molar-refractivity contribution in [3.05, 3.63) is 0 Å². The third kappa shape index (κ3) is 7.45. The lowest BCUT2D eigenvalue weighted by molar-refractivity contribution is -0.193. The molecule has 0 aromatic rings. The van der Waals surface area contributed by atoms with Crippen LogP contribution in [0.5, 0.6) is 0 Å². The van der Waals surface area contributed by atoms with E-state index in [1.807, 2.05) is 0 Å². The molecule has 6 nitrogen and oxygen atoms in total. The van der Waals surface area contributed by atoms with Crippen molar-refractivity contribution in [3.63, 3.8) is 0 Å². The maximum Gasteiger partial charge on any atom is 0.335 e. The molecular formula is C28H46O6. The maximum absolute atomic E-state index is 13.7. The fourth-order valence-electron chi connectivity index (χ4n) is 5.68. The molecular weight excluding hydrogens is 432 g/mol. The summed E-state index contributed by atoms with van der Waals surface area (Å²) in [5.41, 5.74) is -2.00. The second-order valence-electron chi connectivity index (χ2n) is 10.7. The van der Waals surface area contributed by atoms with Crippen molar-refractivity contribution in [2.75, 3.05) is 0 Å². The van der Waals surface area contributed by atoms with E-state index < -0.39 is 23.3 Å². The number of hydrogen-bond donors (Lipinski definition) is 0.